The SMILES string of the molecule is Cc1cc(OC2CCS(=O)(=O)CC2)cc(C)c1-c1cccc2c1CCC2. The van der Waals surface area contributed by atoms with E-state index in [-0.39, 0.29) is 17.6 Å². The molecule has 0 saturated carbocycles. The van der Waals surface area contributed by atoms with Gasteiger partial charge in [-0.25, -0.2) is 8.42 Å². The summed E-state index contributed by atoms with van der Waals surface area (Å²) in [6.07, 6.45) is 4.79. The van der Waals surface area contributed by atoms with Gasteiger partial charge < -0.3 is 4.74 Å². The minimum atomic E-state index is -2.85. The molecule has 0 unspecified atom stereocenters. The van der Waals surface area contributed by atoms with Crippen LogP contribution in [0.2, 0.25) is 0 Å². The summed E-state index contributed by atoms with van der Waals surface area (Å²) >= 11 is 0. The maximum absolute atomic E-state index is 11.6. The standard InChI is InChI=1S/C22H26O3S/c1-15-13-19(25-18-9-11-26(23,24)12-10-18)14-16(2)22(15)21-8-4-6-17-5-3-7-20(17)21/h4,6,8,13-14,18H,3,5,7,9-12H2,1-2H3. The van der Waals surface area contributed by atoms with Crippen LogP contribution in [0.15, 0.2) is 30.3 Å². The first kappa shape index (κ1) is 17.6. The van der Waals surface area contributed by atoms with E-state index in [1.807, 2.05) is 0 Å². The quantitative estimate of drug-likeness (QED) is 0.803. The molecule has 138 valence electrons. The second-order valence-electron chi connectivity index (χ2n) is 7.70. The molecular formula is C22H26O3S. The molecule has 0 atom stereocenters. The number of benzene rings is 2. The van der Waals surface area contributed by atoms with Gasteiger partial charge in [0, 0.05) is 0 Å². The topological polar surface area (TPSA) is 43.4 Å². The van der Waals surface area contributed by atoms with Crippen molar-refractivity contribution >= 4 is 9.84 Å². The van der Waals surface area contributed by atoms with Crippen molar-refractivity contribution < 1.29 is 13.2 Å². The average Bonchev–Trinajstić information content (AvgIpc) is 3.06. The fourth-order valence-electron chi connectivity index (χ4n) is 4.45. The van der Waals surface area contributed by atoms with Crippen LogP contribution in [0.4, 0.5) is 0 Å². The third kappa shape index (κ3) is 3.39. The Morgan fingerprint density at radius 2 is 1.69 bits per heavy atom. The maximum Gasteiger partial charge on any atom is 0.150 e. The Morgan fingerprint density at radius 1 is 1.00 bits per heavy atom. The Kier molecular flexibility index (Phi) is 4.55. The van der Waals surface area contributed by atoms with Crippen molar-refractivity contribution in [1.82, 2.24) is 0 Å². The van der Waals surface area contributed by atoms with Gasteiger partial charge in [-0.15, -0.1) is 0 Å². The molecule has 0 N–H and O–H groups in total. The fourth-order valence-corrected chi connectivity index (χ4v) is 5.90. The van der Waals surface area contributed by atoms with Crippen molar-refractivity contribution in [2.75, 3.05) is 11.5 Å². The van der Waals surface area contributed by atoms with Crippen molar-refractivity contribution in [3.63, 3.8) is 0 Å². The molecule has 1 fully saturated rings. The highest BCUT2D eigenvalue weighted by molar-refractivity contribution is 7.91. The molecule has 1 aliphatic heterocycles. The molecule has 4 rings (SSSR count). The van der Waals surface area contributed by atoms with Gasteiger partial charge in [0.05, 0.1) is 11.5 Å². The van der Waals surface area contributed by atoms with Crippen LogP contribution in [-0.2, 0) is 22.7 Å². The van der Waals surface area contributed by atoms with Crippen LogP contribution in [0.25, 0.3) is 11.1 Å². The average molecular weight is 371 g/mol. The minimum absolute atomic E-state index is 0.00384. The van der Waals surface area contributed by atoms with E-state index in [2.05, 4.69) is 44.2 Å². The van der Waals surface area contributed by atoms with Crippen LogP contribution in [0, 0.1) is 13.8 Å². The molecule has 2 aromatic rings. The predicted molar refractivity (Wildman–Crippen MR) is 106 cm³/mol. The molecule has 2 aromatic carbocycles. The highest BCUT2D eigenvalue weighted by Gasteiger charge is 2.25. The van der Waals surface area contributed by atoms with E-state index in [9.17, 15) is 8.42 Å². The van der Waals surface area contributed by atoms with Gasteiger partial charge in [-0.2, -0.15) is 0 Å². The minimum Gasteiger partial charge on any atom is -0.490 e. The Bertz CT molecular complexity index is 907. The van der Waals surface area contributed by atoms with Gasteiger partial charge in [-0.3, -0.25) is 0 Å². The number of hydrogen-bond acceptors (Lipinski definition) is 3. The number of rotatable bonds is 3. The lowest BCUT2D eigenvalue weighted by Gasteiger charge is -2.24. The second kappa shape index (κ2) is 6.73. The van der Waals surface area contributed by atoms with Gasteiger partial charge >= 0.3 is 0 Å². The lowest BCUT2D eigenvalue weighted by Crippen LogP contribution is -2.30. The van der Waals surface area contributed by atoms with E-state index in [1.54, 1.807) is 0 Å². The van der Waals surface area contributed by atoms with E-state index in [0.717, 1.165) is 5.75 Å². The van der Waals surface area contributed by atoms with E-state index in [4.69, 9.17) is 4.74 Å². The van der Waals surface area contributed by atoms with Crippen molar-refractivity contribution in [3.05, 3.63) is 52.6 Å². The number of aryl methyl sites for hydroxylation is 3. The monoisotopic (exact) mass is 370 g/mol. The van der Waals surface area contributed by atoms with Crippen LogP contribution in [-0.4, -0.2) is 26.0 Å². The first-order valence-corrected chi connectivity index (χ1v) is 11.3. The number of fused-ring (bicyclic) bond motifs is 1. The van der Waals surface area contributed by atoms with E-state index < -0.39 is 9.84 Å². The van der Waals surface area contributed by atoms with Gasteiger partial charge in [-0.05, 0) is 91.5 Å². The molecule has 4 heteroatoms. The summed E-state index contributed by atoms with van der Waals surface area (Å²) in [4.78, 5) is 0. The molecule has 0 bridgehead atoms. The van der Waals surface area contributed by atoms with Gasteiger partial charge in [0.2, 0.25) is 0 Å². The first-order chi connectivity index (χ1) is 12.4. The van der Waals surface area contributed by atoms with Crippen molar-refractivity contribution in [3.8, 4) is 16.9 Å². The van der Waals surface area contributed by atoms with Gasteiger partial charge in [0.25, 0.3) is 0 Å². The van der Waals surface area contributed by atoms with Gasteiger partial charge in [0.1, 0.15) is 11.9 Å². The molecule has 0 aromatic heterocycles. The van der Waals surface area contributed by atoms with Crippen LogP contribution in [0.3, 0.4) is 0 Å². The Hall–Kier alpha value is -1.81. The number of ether oxygens (including phenoxy) is 1. The zero-order valence-electron chi connectivity index (χ0n) is 15.5. The Morgan fingerprint density at radius 3 is 2.38 bits per heavy atom. The second-order valence-corrected chi connectivity index (χ2v) is 10.0. The van der Waals surface area contributed by atoms with Crippen LogP contribution >= 0.6 is 0 Å². The largest absolute Gasteiger partial charge is 0.490 e. The normalized spacial score (nSPS) is 19.3. The van der Waals surface area contributed by atoms with E-state index in [0.29, 0.717) is 12.8 Å². The summed E-state index contributed by atoms with van der Waals surface area (Å²) in [5.74, 6) is 1.34. The molecule has 1 heterocycles. The molecular weight excluding hydrogens is 344 g/mol. The van der Waals surface area contributed by atoms with Crippen molar-refractivity contribution in [2.45, 2.75) is 52.1 Å². The van der Waals surface area contributed by atoms with Crippen molar-refractivity contribution in [2.24, 2.45) is 0 Å². The maximum atomic E-state index is 11.6. The highest BCUT2D eigenvalue weighted by atomic mass is 32.2. The summed E-state index contributed by atoms with van der Waals surface area (Å²) in [6, 6.07) is 10.9. The fraction of sp³-hybridized carbons (Fsp3) is 0.455. The molecule has 3 nitrogen and oxygen atoms in total. The molecule has 0 spiro atoms. The summed E-state index contributed by atoms with van der Waals surface area (Å²) in [7, 11) is -2.85. The van der Waals surface area contributed by atoms with Gasteiger partial charge in [-0.1, -0.05) is 18.2 Å². The molecule has 2 aliphatic rings. The smallest absolute Gasteiger partial charge is 0.150 e. The summed E-state index contributed by atoms with van der Waals surface area (Å²) in [5, 5.41) is 0. The van der Waals surface area contributed by atoms with Crippen molar-refractivity contribution in [1.29, 1.82) is 0 Å². The zero-order valence-corrected chi connectivity index (χ0v) is 16.4. The zero-order chi connectivity index (χ0) is 18.3. The summed E-state index contributed by atoms with van der Waals surface area (Å²) < 4.78 is 29.3. The third-order valence-corrected chi connectivity index (χ3v) is 7.44. The Labute approximate surface area is 156 Å². The molecule has 1 aliphatic carbocycles. The van der Waals surface area contributed by atoms with E-state index in [1.165, 1.54) is 52.6 Å². The molecule has 26 heavy (non-hydrogen) atoms. The van der Waals surface area contributed by atoms with Crippen LogP contribution in [0.1, 0.15) is 41.5 Å². The highest BCUT2D eigenvalue weighted by Crippen LogP contribution is 2.37. The lowest BCUT2D eigenvalue weighted by molar-refractivity contribution is 0.189. The summed E-state index contributed by atoms with van der Waals surface area (Å²) in [5.41, 5.74) is 8.13. The number of hydrogen-bond donors (Lipinski definition) is 0. The lowest BCUT2D eigenvalue weighted by atomic mass is 9.90. The molecule has 1 saturated heterocycles. The number of sulfone groups is 1. The predicted octanol–water partition coefficient (Wildman–Crippen LogP) is 4.42. The van der Waals surface area contributed by atoms with Gasteiger partial charge in [0.15, 0.2) is 9.84 Å². The molecule has 0 radical (unpaired) electrons. The third-order valence-electron chi connectivity index (χ3n) is 5.73. The van der Waals surface area contributed by atoms with E-state index >= 15 is 0 Å². The summed E-state index contributed by atoms with van der Waals surface area (Å²) in [6.45, 7) is 4.30. The van der Waals surface area contributed by atoms with Crippen LogP contribution < -0.4 is 4.74 Å². The molecule has 0 amide bonds. The Balaban J connectivity index is 1.61. The first-order valence-electron chi connectivity index (χ1n) is 9.52. The van der Waals surface area contributed by atoms with Crippen LogP contribution in [0.5, 0.6) is 5.75 Å².